The number of halogens is 2. The fourth-order valence-electron chi connectivity index (χ4n) is 3.46. The second kappa shape index (κ2) is 9.30. The lowest BCUT2D eigenvalue weighted by atomic mass is 10.1. The van der Waals surface area contributed by atoms with E-state index in [0.717, 1.165) is 16.5 Å². The Morgan fingerprint density at radius 3 is 2.74 bits per heavy atom. The number of anilines is 2. The third-order valence-corrected chi connectivity index (χ3v) is 5.38. The van der Waals surface area contributed by atoms with Crippen molar-refractivity contribution < 1.29 is 13.6 Å². The number of alkyl halides is 2. The van der Waals surface area contributed by atoms with Crippen LogP contribution in [0, 0.1) is 6.92 Å². The smallest absolute Gasteiger partial charge is 0.293 e. The molecule has 0 aliphatic rings. The predicted molar refractivity (Wildman–Crippen MR) is 124 cm³/mol. The van der Waals surface area contributed by atoms with Gasteiger partial charge in [-0.25, -0.2) is 4.98 Å². The Kier molecular flexibility index (Phi) is 6.26. The zero-order valence-corrected chi connectivity index (χ0v) is 18.3. The number of carbonyl (C=O) groups is 1. The Morgan fingerprint density at radius 2 is 1.97 bits per heavy atom. The summed E-state index contributed by atoms with van der Waals surface area (Å²) in [7, 11) is 0. The van der Waals surface area contributed by atoms with E-state index in [1.165, 1.54) is 35.0 Å². The molecule has 0 bridgehead atoms. The van der Waals surface area contributed by atoms with Gasteiger partial charge < -0.3 is 16.4 Å². The number of carbonyl (C=O) groups excluding carboxylic acids is 1. The third-order valence-electron chi connectivity index (χ3n) is 5.38. The van der Waals surface area contributed by atoms with Crippen LogP contribution in [0.2, 0.25) is 0 Å². The normalized spacial score (nSPS) is 11.5. The first-order valence-electron chi connectivity index (χ1n) is 10.5. The van der Waals surface area contributed by atoms with Gasteiger partial charge >= 0.3 is 0 Å². The van der Waals surface area contributed by atoms with Gasteiger partial charge in [0.1, 0.15) is 6.54 Å². The van der Waals surface area contributed by atoms with E-state index in [2.05, 4.69) is 25.8 Å². The molecular formula is C23H23F2N7O2. The molecule has 11 heteroatoms. The molecule has 2 heterocycles. The van der Waals surface area contributed by atoms with Gasteiger partial charge in [-0.1, -0.05) is 36.4 Å². The molecular weight excluding hydrogens is 444 g/mol. The maximum atomic E-state index is 14.4. The molecule has 4 rings (SSSR count). The second-order valence-electron chi connectivity index (χ2n) is 7.83. The molecule has 0 saturated carbocycles. The molecule has 0 fully saturated rings. The van der Waals surface area contributed by atoms with Gasteiger partial charge in [-0.2, -0.15) is 13.9 Å². The monoisotopic (exact) mass is 467 g/mol. The van der Waals surface area contributed by atoms with Gasteiger partial charge in [0.15, 0.2) is 11.6 Å². The van der Waals surface area contributed by atoms with Crippen LogP contribution in [0.15, 0.2) is 59.5 Å². The van der Waals surface area contributed by atoms with Crippen LogP contribution in [0.1, 0.15) is 16.8 Å². The number of aryl methyl sites for hydroxylation is 1. The van der Waals surface area contributed by atoms with E-state index >= 15 is 0 Å². The number of aromatic amines is 1. The van der Waals surface area contributed by atoms with Crippen molar-refractivity contribution in [3.05, 3.63) is 81.9 Å². The van der Waals surface area contributed by atoms with Crippen LogP contribution in [0.25, 0.3) is 10.9 Å². The van der Waals surface area contributed by atoms with Gasteiger partial charge in [-0.05, 0) is 24.6 Å². The fourth-order valence-corrected chi connectivity index (χ4v) is 3.46. The summed E-state index contributed by atoms with van der Waals surface area (Å²) in [5, 5.41) is 12.6. The molecule has 4 aromatic rings. The van der Waals surface area contributed by atoms with E-state index in [1.54, 1.807) is 19.1 Å². The standard InChI is InChI=1S/C23H23F2N7O2/c1-14-10-28-21(29-13-23(24,25)16-5-3-2-4-6-16)22(34)32(14)12-19(33)27-11-15-7-8-18-17(9-15)20(26)31-30-18/h2-10H,11-13H2,1H3,(H,27,33)(H,28,29)(H3,26,30,31). The zero-order chi connectivity index (χ0) is 24.3. The highest BCUT2D eigenvalue weighted by molar-refractivity contribution is 5.89. The molecule has 1 amide bonds. The van der Waals surface area contributed by atoms with E-state index in [1.807, 2.05) is 12.1 Å². The third kappa shape index (κ3) is 4.87. The summed E-state index contributed by atoms with van der Waals surface area (Å²) >= 11 is 0. The van der Waals surface area contributed by atoms with Crippen LogP contribution >= 0.6 is 0 Å². The summed E-state index contributed by atoms with van der Waals surface area (Å²) in [6.07, 6.45) is 1.35. The highest BCUT2D eigenvalue weighted by atomic mass is 19.3. The number of rotatable bonds is 8. The Bertz CT molecular complexity index is 1380. The fraction of sp³-hybridized carbons (Fsp3) is 0.217. The van der Waals surface area contributed by atoms with Crippen molar-refractivity contribution in [3.63, 3.8) is 0 Å². The predicted octanol–water partition coefficient (Wildman–Crippen LogP) is 2.53. The molecule has 2 aromatic heterocycles. The number of amides is 1. The molecule has 5 N–H and O–H groups in total. The number of nitrogens with zero attached hydrogens (tertiary/aromatic N) is 3. The van der Waals surface area contributed by atoms with E-state index in [-0.39, 0.29) is 24.5 Å². The van der Waals surface area contributed by atoms with Crippen molar-refractivity contribution in [1.29, 1.82) is 0 Å². The van der Waals surface area contributed by atoms with Gasteiger partial charge in [0, 0.05) is 29.4 Å². The highest BCUT2D eigenvalue weighted by Gasteiger charge is 2.31. The Labute approximate surface area is 193 Å². The number of aromatic nitrogens is 4. The maximum absolute atomic E-state index is 14.4. The summed E-state index contributed by atoms with van der Waals surface area (Å²) in [4.78, 5) is 29.2. The number of nitrogen functional groups attached to an aromatic ring is 1. The SMILES string of the molecule is Cc1cnc(NCC(F)(F)c2ccccc2)c(=O)n1CC(=O)NCc1ccc2[nH]nc(N)c2c1. The Morgan fingerprint density at radius 1 is 1.21 bits per heavy atom. The van der Waals surface area contributed by atoms with E-state index in [0.29, 0.717) is 11.5 Å². The first kappa shape index (κ1) is 22.9. The number of fused-ring (bicyclic) bond motifs is 1. The van der Waals surface area contributed by atoms with Crippen molar-refractivity contribution in [2.45, 2.75) is 25.9 Å². The number of benzene rings is 2. The summed E-state index contributed by atoms with van der Waals surface area (Å²) in [6.45, 7) is 0.730. The van der Waals surface area contributed by atoms with Crippen molar-refractivity contribution in [2.24, 2.45) is 0 Å². The molecule has 9 nitrogen and oxygen atoms in total. The van der Waals surface area contributed by atoms with Gasteiger partial charge in [0.25, 0.3) is 11.5 Å². The molecule has 0 aliphatic carbocycles. The quantitative estimate of drug-likeness (QED) is 0.315. The van der Waals surface area contributed by atoms with Gasteiger partial charge in [0.05, 0.1) is 12.1 Å². The minimum absolute atomic E-state index is 0.176. The van der Waals surface area contributed by atoms with E-state index < -0.39 is 23.9 Å². The summed E-state index contributed by atoms with van der Waals surface area (Å²) in [5.41, 5.74) is 6.98. The largest absolute Gasteiger partial charge is 0.382 e. The van der Waals surface area contributed by atoms with E-state index in [9.17, 15) is 18.4 Å². The number of nitrogens with two attached hydrogens (primary N) is 1. The zero-order valence-electron chi connectivity index (χ0n) is 18.3. The minimum Gasteiger partial charge on any atom is -0.382 e. The lowest BCUT2D eigenvalue weighted by Crippen LogP contribution is -2.35. The van der Waals surface area contributed by atoms with Gasteiger partial charge in [0.2, 0.25) is 5.91 Å². The number of hydrogen-bond donors (Lipinski definition) is 4. The molecule has 0 atom stereocenters. The van der Waals surface area contributed by atoms with Crippen molar-refractivity contribution in [1.82, 2.24) is 25.1 Å². The van der Waals surface area contributed by atoms with Crippen molar-refractivity contribution in [3.8, 4) is 0 Å². The van der Waals surface area contributed by atoms with Crippen LogP contribution in [-0.4, -0.2) is 32.2 Å². The Hall–Kier alpha value is -4.28. The minimum atomic E-state index is -3.21. The van der Waals surface area contributed by atoms with Crippen LogP contribution in [0.5, 0.6) is 0 Å². The maximum Gasteiger partial charge on any atom is 0.293 e. The molecule has 0 unspecified atom stereocenters. The number of hydrogen-bond acceptors (Lipinski definition) is 6. The average Bonchev–Trinajstić information content (AvgIpc) is 3.20. The topological polar surface area (TPSA) is 131 Å². The Balaban J connectivity index is 1.42. The van der Waals surface area contributed by atoms with Gasteiger partial charge in [-0.15, -0.1) is 0 Å². The molecule has 0 radical (unpaired) electrons. The van der Waals surface area contributed by atoms with E-state index in [4.69, 9.17) is 5.73 Å². The molecule has 34 heavy (non-hydrogen) atoms. The molecule has 0 spiro atoms. The van der Waals surface area contributed by atoms with Crippen molar-refractivity contribution in [2.75, 3.05) is 17.6 Å². The van der Waals surface area contributed by atoms with Crippen LogP contribution in [0.3, 0.4) is 0 Å². The molecule has 0 aliphatic heterocycles. The first-order chi connectivity index (χ1) is 16.2. The van der Waals surface area contributed by atoms with Crippen LogP contribution in [0.4, 0.5) is 20.4 Å². The number of nitrogens with one attached hydrogen (secondary N) is 3. The lowest BCUT2D eigenvalue weighted by Gasteiger charge is -2.18. The second-order valence-corrected chi connectivity index (χ2v) is 7.83. The lowest BCUT2D eigenvalue weighted by molar-refractivity contribution is -0.121. The molecule has 176 valence electrons. The van der Waals surface area contributed by atoms with Gasteiger partial charge in [-0.3, -0.25) is 19.3 Å². The van der Waals surface area contributed by atoms with Crippen molar-refractivity contribution >= 4 is 28.4 Å². The first-order valence-corrected chi connectivity index (χ1v) is 10.5. The highest BCUT2D eigenvalue weighted by Crippen LogP contribution is 2.27. The average molecular weight is 467 g/mol. The van der Waals surface area contributed by atoms with Crippen LogP contribution in [-0.2, 0) is 23.8 Å². The summed E-state index contributed by atoms with van der Waals surface area (Å²) in [5.74, 6) is -3.52. The summed E-state index contributed by atoms with van der Waals surface area (Å²) < 4.78 is 30.1. The summed E-state index contributed by atoms with van der Waals surface area (Å²) in [6, 6.07) is 12.7. The molecule has 2 aromatic carbocycles. The van der Waals surface area contributed by atoms with Crippen LogP contribution < -0.4 is 21.9 Å². The number of H-pyrrole nitrogens is 1. The molecule has 0 saturated heterocycles.